The fourth-order valence-electron chi connectivity index (χ4n) is 4.93. The second-order valence-corrected chi connectivity index (χ2v) is 12.2. The fourth-order valence-corrected chi connectivity index (χ4v) is 4.93. The number of hydrogen-bond donors (Lipinski definition) is 0. The van der Waals surface area contributed by atoms with E-state index >= 15 is 0 Å². The third-order valence-electron chi connectivity index (χ3n) is 5.70. The normalized spacial score (nSPS) is 15.2. The molecule has 0 saturated heterocycles. The number of methoxy groups -OCH3 is 1. The molecule has 0 fully saturated rings. The number of rotatable bonds is 14. The van der Waals surface area contributed by atoms with Gasteiger partial charge in [0.2, 0.25) is 0 Å². The molecule has 0 bridgehead atoms. The summed E-state index contributed by atoms with van der Waals surface area (Å²) in [6, 6.07) is 0. The Morgan fingerprint density at radius 3 is 1.78 bits per heavy atom. The van der Waals surface area contributed by atoms with E-state index < -0.39 is 0 Å². The Labute approximate surface area is 172 Å². The van der Waals surface area contributed by atoms with Gasteiger partial charge in [-0.05, 0) is 60.2 Å². The smallest absolute Gasteiger partial charge is 0.0626 e. The van der Waals surface area contributed by atoms with Crippen molar-refractivity contribution in [1.82, 2.24) is 0 Å². The molecule has 0 spiro atoms. The molecule has 1 atom stereocenters. The first-order valence-corrected chi connectivity index (χ1v) is 11.2. The molecule has 0 rings (SSSR count). The molecule has 2 nitrogen and oxygen atoms in total. The van der Waals surface area contributed by atoms with E-state index in [1.54, 1.807) is 7.11 Å². The van der Waals surface area contributed by atoms with Gasteiger partial charge < -0.3 is 9.47 Å². The Balaban J connectivity index is 5.09. The van der Waals surface area contributed by atoms with Crippen LogP contribution in [0.2, 0.25) is 0 Å². The van der Waals surface area contributed by atoms with Crippen LogP contribution in [-0.2, 0) is 9.47 Å². The second kappa shape index (κ2) is 11.2. The van der Waals surface area contributed by atoms with Crippen LogP contribution >= 0.6 is 0 Å². The highest BCUT2D eigenvalue weighted by atomic mass is 16.5. The standard InChI is InChI=1S/C25H52O2/c1-12-13-17-27-21(14-15-23(5,6)19-22(2,3)4)25(9,10)20-24(7,8)16-18-26-11/h21H,12-20H2,1-11H3. The largest absolute Gasteiger partial charge is 0.385 e. The molecule has 0 N–H and O–H groups in total. The molecule has 2 heteroatoms. The van der Waals surface area contributed by atoms with Crippen LogP contribution in [0.15, 0.2) is 0 Å². The molecule has 27 heavy (non-hydrogen) atoms. The molecule has 0 aromatic heterocycles. The molecule has 0 aromatic rings. The van der Waals surface area contributed by atoms with Crippen molar-refractivity contribution in [2.45, 2.75) is 120 Å². The van der Waals surface area contributed by atoms with Crippen molar-refractivity contribution >= 4 is 0 Å². The van der Waals surface area contributed by atoms with Gasteiger partial charge in [-0.3, -0.25) is 0 Å². The van der Waals surface area contributed by atoms with Crippen molar-refractivity contribution in [3.8, 4) is 0 Å². The lowest BCUT2D eigenvalue weighted by molar-refractivity contribution is -0.0576. The summed E-state index contributed by atoms with van der Waals surface area (Å²) in [5.41, 5.74) is 1.17. The predicted octanol–water partition coefficient (Wildman–Crippen LogP) is 7.89. The highest BCUT2D eigenvalue weighted by molar-refractivity contribution is 4.87. The molecule has 164 valence electrons. The van der Waals surface area contributed by atoms with Crippen LogP contribution in [-0.4, -0.2) is 26.4 Å². The maximum atomic E-state index is 6.49. The molecule has 1 unspecified atom stereocenters. The van der Waals surface area contributed by atoms with Crippen LogP contribution in [0.4, 0.5) is 0 Å². The Hall–Kier alpha value is -0.0800. The third kappa shape index (κ3) is 12.9. The first-order chi connectivity index (χ1) is 12.1. The predicted molar refractivity (Wildman–Crippen MR) is 120 cm³/mol. The van der Waals surface area contributed by atoms with E-state index in [4.69, 9.17) is 9.47 Å². The summed E-state index contributed by atoms with van der Waals surface area (Å²) in [7, 11) is 1.80. The van der Waals surface area contributed by atoms with E-state index in [9.17, 15) is 0 Å². The van der Waals surface area contributed by atoms with E-state index in [1.807, 2.05) is 0 Å². The summed E-state index contributed by atoms with van der Waals surface area (Å²) in [5, 5.41) is 0. The van der Waals surface area contributed by atoms with Crippen LogP contribution in [0.25, 0.3) is 0 Å². The molecule has 0 aliphatic heterocycles. The van der Waals surface area contributed by atoms with Crippen molar-refractivity contribution in [3.05, 3.63) is 0 Å². The van der Waals surface area contributed by atoms with Gasteiger partial charge in [-0.1, -0.05) is 75.7 Å². The number of hydrogen-bond acceptors (Lipinski definition) is 2. The molecule has 0 amide bonds. The lowest BCUT2D eigenvalue weighted by Gasteiger charge is -2.42. The first-order valence-electron chi connectivity index (χ1n) is 11.2. The number of ether oxygens (including phenoxy) is 2. The summed E-state index contributed by atoms with van der Waals surface area (Å²) < 4.78 is 11.8. The van der Waals surface area contributed by atoms with Gasteiger partial charge in [0.25, 0.3) is 0 Å². The quantitative estimate of drug-likeness (QED) is 0.283. The number of unbranched alkanes of at least 4 members (excludes halogenated alkanes) is 1. The van der Waals surface area contributed by atoms with Gasteiger partial charge in [-0.15, -0.1) is 0 Å². The maximum Gasteiger partial charge on any atom is 0.0626 e. The lowest BCUT2D eigenvalue weighted by Crippen LogP contribution is -2.38. The Morgan fingerprint density at radius 1 is 0.741 bits per heavy atom. The summed E-state index contributed by atoms with van der Waals surface area (Å²) in [6.45, 7) is 25.5. The molecule has 0 aliphatic rings. The first kappa shape index (κ1) is 26.9. The molecule has 0 saturated carbocycles. The van der Waals surface area contributed by atoms with E-state index in [1.165, 1.54) is 25.7 Å². The van der Waals surface area contributed by atoms with E-state index in [-0.39, 0.29) is 10.8 Å². The Kier molecular flexibility index (Phi) is 11.2. The minimum absolute atomic E-state index is 0.169. The zero-order chi connectivity index (χ0) is 21.4. The SMILES string of the molecule is CCCCOC(CCC(C)(C)CC(C)(C)C)C(C)(C)CC(C)(C)CCOC. The van der Waals surface area contributed by atoms with Crippen molar-refractivity contribution < 1.29 is 9.47 Å². The molecule has 0 aromatic carbocycles. The molecule has 0 radical (unpaired) electrons. The third-order valence-corrected chi connectivity index (χ3v) is 5.70. The minimum Gasteiger partial charge on any atom is -0.385 e. The van der Waals surface area contributed by atoms with Crippen LogP contribution in [0.5, 0.6) is 0 Å². The molecule has 0 aliphatic carbocycles. The van der Waals surface area contributed by atoms with Crippen LogP contribution in [0.3, 0.4) is 0 Å². The van der Waals surface area contributed by atoms with Gasteiger partial charge in [0.05, 0.1) is 6.10 Å². The zero-order valence-corrected chi connectivity index (χ0v) is 20.8. The highest BCUT2D eigenvalue weighted by Crippen LogP contribution is 2.43. The highest BCUT2D eigenvalue weighted by Gasteiger charge is 2.37. The van der Waals surface area contributed by atoms with Crippen molar-refractivity contribution in [2.75, 3.05) is 20.3 Å². The van der Waals surface area contributed by atoms with Gasteiger partial charge in [-0.25, -0.2) is 0 Å². The van der Waals surface area contributed by atoms with Crippen molar-refractivity contribution in [2.24, 2.45) is 21.7 Å². The molecular weight excluding hydrogens is 332 g/mol. The van der Waals surface area contributed by atoms with Gasteiger partial charge in [0, 0.05) is 20.3 Å². The van der Waals surface area contributed by atoms with Crippen LogP contribution in [0, 0.1) is 21.7 Å². The van der Waals surface area contributed by atoms with Gasteiger partial charge in [-0.2, -0.15) is 0 Å². The molecular formula is C25H52O2. The average molecular weight is 385 g/mol. The van der Waals surface area contributed by atoms with E-state index in [0.717, 1.165) is 32.5 Å². The summed E-state index contributed by atoms with van der Waals surface area (Å²) in [5.74, 6) is 0. The Morgan fingerprint density at radius 2 is 1.30 bits per heavy atom. The summed E-state index contributed by atoms with van der Waals surface area (Å²) >= 11 is 0. The van der Waals surface area contributed by atoms with Gasteiger partial charge >= 0.3 is 0 Å². The second-order valence-electron chi connectivity index (χ2n) is 12.2. The minimum atomic E-state index is 0.169. The van der Waals surface area contributed by atoms with Crippen molar-refractivity contribution in [1.29, 1.82) is 0 Å². The lowest BCUT2D eigenvalue weighted by atomic mass is 9.68. The average Bonchev–Trinajstić information content (AvgIpc) is 2.44. The van der Waals surface area contributed by atoms with Gasteiger partial charge in [0.1, 0.15) is 0 Å². The van der Waals surface area contributed by atoms with E-state index in [0.29, 0.717) is 16.9 Å². The summed E-state index contributed by atoms with van der Waals surface area (Å²) in [6.07, 6.45) is 8.58. The Bertz CT molecular complexity index is 388. The van der Waals surface area contributed by atoms with Crippen LogP contribution in [0.1, 0.15) is 114 Å². The monoisotopic (exact) mass is 384 g/mol. The van der Waals surface area contributed by atoms with Crippen LogP contribution < -0.4 is 0 Å². The maximum absolute atomic E-state index is 6.49. The van der Waals surface area contributed by atoms with Crippen molar-refractivity contribution in [3.63, 3.8) is 0 Å². The zero-order valence-electron chi connectivity index (χ0n) is 20.8. The topological polar surface area (TPSA) is 18.5 Å². The fraction of sp³-hybridized carbons (Fsp3) is 1.00. The molecule has 0 heterocycles. The van der Waals surface area contributed by atoms with Gasteiger partial charge in [0.15, 0.2) is 0 Å². The van der Waals surface area contributed by atoms with E-state index in [2.05, 4.69) is 69.2 Å². The summed E-state index contributed by atoms with van der Waals surface area (Å²) in [4.78, 5) is 0.